The summed E-state index contributed by atoms with van der Waals surface area (Å²) in [5.74, 6) is -0.377. The van der Waals surface area contributed by atoms with Gasteiger partial charge in [-0.1, -0.05) is 11.6 Å². The largest absolute Gasteiger partial charge is 0.479 e. The molecule has 2 unspecified atom stereocenters. The zero-order valence-corrected chi connectivity index (χ0v) is 13.4. The minimum Gasteiger partial charge on any atom is -0.479 e. The van der Waals surface area contributed by atoms with Crippen LogP contribution in [0.1, 0.15) is 26.3 Å². The fourth-order valence-electron chi connectivity index (χ4n) is 1.63. The predicted molar refractivity (Wildman–Crippen MR) is 80.5 cm³/mol. The molecule has 1 amide bonds. The summed E-state index contributed by atoms with van der Waals surface area (Å²) < 4.78 is 10.6. The molecule has 1 rings (SSSR count). The van der Waals surface area contributed by atoms with E-state index in [1.165, 1.54) is 6.92 Å². The molecule has 0 radical (unpaired) electrons. The number of hydrogen-bond acceptors (Lipinski definition) is 4. The Kier molecular flexibility index (Phi) is 6.49. The number of halogens is 1. The summed E-state index contributed by atoms with van der Waals surface area (Å²) in [5, 5.41) is 3.18. The maximum atomic E-state index is 11.9. The quantitative estimate of drug-likeness (QED) is 0.819. The van der Waals surface area contributed by atoms with E-state index in [4.69, 9.17) is 21.1 Å². The van der Waals surface area contributed by atoms with Crippen molar-refractivity contribution in [3.05, 3.63) is 28.8 Å². The Balaban J connectivity index is 2.60. The molecule has 1 N–H and O–H groups in total. The van der Waals surface area contributed by atoms with Crippen LogP contribution in [0.25, 0.3) is 0 Å². The molecule has 0 spiro atoms. The minimum absolute atomic E-state index is 0.333. The molecule has 0 aliphatic heterocycles. The Morgan fingerprint density at radius 1 is 1.29 bits per heavy atom. The Morgan fingerprint density at radius 2 is 1.95 bits per heavy atom. The van der Waals surface area contributed by atoms with Crippen LogP contribution >= 0.6 is 11.6 Å². The van der Waals surface area contributed by atoms with Crippen LogP contribution in [0, 0.1) is 6.92 Å². The highest BCUT2D eigenvalue weighted by atomic mass is 35.5. The van der Waals surface area contributed by atoms with Crippen LogP contribution in [0.2, 0.25) is 5.02 Å². The van der Waals surface area contributed by atoms with Crippen molar-refractivity contribution >= 4 is 23.5 Å². The third-order valence-electron chi connectivity index (χ3n) is 2.79. The van der Waals surface area contributed by atoms with Gasteiger partial charge in [-0.05, 0) is 51.5 Å². The van der Waals surface area contributed by atoms with Gasteiger partial charge in [0.25, 0.3) is 5.91 Å². The van der Waals surface area contributed by atoms with E-state index in [9.17, 15) is 9.59 Å². The van der Waals surface area contributed by atoms with E-state index in [0.717, 1.165) is 5.56 Å². The van der Waals surface area contributed by atoms with Crippen molar-refractivity contribution in [3.63, 3.8) is 0 Å². The SMILES string of the molecule is CCNC(=O)C(C)OC(=O)C(C)Oc1ccc(Cl)cc1C. The van der Waals surface area contributed by atoms with Gasteiger partial charge in [-0.25, -0.2) is 4.79 Å². The zero-order chi connectivity index (χ0) is 16.0. The van der Waals surface area contributed by atoms with E-state index >= 15 is 0 Å². The minimum atomic E-state index is -0.852. The molecule has 5 nitrogen and oxygen atoms in total. The highest BCUT2D eigenvalue weighted by Gasteiger charge is 2.23. The van der Waals surface area contributed by atoms with Crippen LogP contribution in [-0.2, 0) is 14.3 Å². The highest BCUT2D eigenvalue weighted by molar-refractivity contribution is 6.30. The van der Waals surface area contributed by atoms with Gasteiger partial charge in [0, 0.05) is 11.6 Å². The molecule has 0 bridgehead atoms. The highest BCUT2D eigenvalue weighted by Crippen LogP contribution is 2.23. The second-order valence-electron chi connectivity index (χ2n) is 4.64. The van der Waals surface area contributed by atoms with Crippen molar-refractivity contribution in [2.24, 2.45) is 0 Å². The standard InChI is InChI=1S/C15H20ClNO4/c1-5-17-14(18)10(3)21-15(19)11(4)20-13-7-6-12(16)8-9(13)2/h6-8,10-11H,5H2,1-4H3,(H,17,18). The van der Waals surface area contributed by atoms with Crippen molar-refractivity contribution in [3.8, 4) is 5.75 Å². The first-order chi connectivity index (χ1) is 9.85. The number of nitrogens with one attached hydrogen (secondary N) is 1. The summed E-state index contributed by atoms with van der Waals surface area (Å²) >= 11 is 5.86. The molecule has 6 heteroatoms. The van der Waals surface area contributed by atoms with Crippen LogP contribution < -0.4 is 10.1 Å². The summed E-state index contributed by atoms with van der Waals surface area (Å²) in [6.07, 6.45) is -1.67. The van der Waals surface area contributed by atoms with E-state index < -0.39 is 18.2 Å². The summed E-state index contributed by atoms with van der Waals surface area (Å²) in [6, 6.07) is 5.11. The van der Waals surface area contributed by atoms with Gasteiger partial charge in [-0.15, -0.1) is 0 Å². The van der Waals surface area contributed by atoms with E-state index in [2.05, 4.69) is 5.32 Å². The predicted octanol–water partition coefficient (Wildman–Crippen LogP) is 2.48. The number of esters is 1. The number of carbonyl (C=O) groups excluding carboxylic acids is 2. The maximum absolute atomic E-state index is 11.9. The van der Waals surface area contributed by atoms with Gasteiger partial charge in [0.05, 0.1) is 0 Å². The number of aryl methyl sites for hydroxylation is 1. The van der Waals surface area contributed by atoms with Crippen LogP contribution in [0.4, 0.5) is 0 Å². The average molecular weight is 314 g/mol. The molecule has 2 atom stereocenters. The molecule has 0 aliphatic rings. The number of carbonyl (C=O) groups is 2. The second-order valence-corrected chi connectivity index (χ2v) is 5.08. The molecule has 0 saturated heterocycles. The molecular weight excluding hydrogens is 294 g/mol. The van der Waals surface area contributed by atoms with Gasteiger partial charge >= 0.3 is 5.97 Å². The number of benzene rings is 1. The first-order valence-electron chi connectivity index (χ1n) is 6.76. The molecule has 0 aliphatic carbocycles. The van der Waals surface area contributed by atoms with Crippen molar-refractivity contribution in [1.82, 2.24) is 5.32 Å². The Bertz CT molecular complexity index is 518. The normalized spacial score (nSPS) is 13.2. The van der Waals surface area contributed by atoms with Gasteiger partial charge in [0.15, 0.2) is 12.2 Å². The number of ether oxygens (including phenoxy) is 2. The summed E-state index contributed by atoms with van der Waals surface area (Å²) in [4.78, 5) is 23.4. The van der Waals surface area contributed by atoms with E-state index in [1.807, 2.05) is 6.92 Å². The third kappa shape index (κ3) is 5.27. The van der Waals surface area contributed by atoms with Crippen molar-refractivity contribution in [1.29, 1.82) is 0 Å². The molecule has 1 aromatic rings. The summed E-state index contributed by atoms with van der Waals surface area (Å²) in [6.45, 7) is 7.19. The maximum Gasteiger partial charge on any atom is 0.347 e. The average Bonchev–Trinajstić information content (AvgIpc) is 2.41. The lowest BCUT2D eigenvalue weighted by atomic mass is 10.2. The van der Waals surface area contributed by atoms with Gasteiger partial charge < -0.3 is 14.8 Å². The van der Waals surface area contributed by atoms with Crippen molar-refractivity contribution < 1.29 is 19.1 Å². The lowest BCUT2D eigenvalue weighted by molar-refractivity contribution is -0.160. The zero-order valence-electron chi connectivity index (χ0n) is 12.6. The third-order valence-corrected chi connectivity index (χ3v) is 3.02. The topological polar surface area (TPSA) is 64.6 Å². The summed E-state index contributed by atoms with van der Waals surface area (Å²) in [7, 11) is 0. The lowest BCUT2D eigenvalue weighted by Gasteiger charge is -2.18. The van der Waals surface area contributed by atoms with Crippen LogP contribution in [0.3, 0.4) is 0 Å². The Morgan fingerprint density at radius 3 is 2.52 bits per heavy atom. The lowest BCUT2D eigenvalue weighted by Crippen LogP contribution is -2.38. The second kappa shape index (κ2) is 7.88. The summed E-state index contributed by atoms with van der Waals surface area (Å²) in [5.41, 5.74) is 0.818. The molecule has 116 valence electrons. The monoisotopic (exact) mass is 313 g/mol. The Labute approximate surface area is 129 Å². The smallest absolute Gasteiger partial charge is 0.347 e. The molecule has 0 heterocycles. The number of likely N-dealkylation sites (N-methyl/N-ethyl adjacent to an activating group) is 1. The number of hydrogen-bond donors (Lipinski definition) is 1. The Hall–Kier alpha value is -1.75. The van der Waals surface area contributed by atoms with Gasteiger partial charge in [-0.2, -0.15) is 0 Å². The molecule has 0 saturated carbocycles. The first-order valence-corrected chi connectivity index (χ1v) is 7.14. The molecule has 21 heavy (non-hydrogen) atoms. The number of rotatable bonds is 6. The molecule has 0 aromatic heterocycles. The van der Waals surface area contributed by atoms with E-state index in [-0.39, 0.29) is 5.91 Å². The van der Waals surface area contributed by atoms with Gasteiger partial charge in [0.2, 0.25) is 0 Å². The fourth-order valence-corrected chi connectivity index (χ4v) is 1.85. The molecular formula is C15H20ClNO4. The molecule has 0 fully saturated rings. The fraction of sp³-hybridized carbons (Fsp3) is 0.467. The van der Waals surface area contributed by atoms with E-state index in [0.29, 0.717) is 17.3 Å². The molecule has 1 aromatic carbocycles. The van der Waals surface area contributed by atoms with Crippen LogP contribution in [0.15, 0.2) is 18.2 Å². The van der Waals surface area contributed by atoms with Gasteiger partial charge in [-0.3, -0.25) is 4.79 Å². The van der Waals surface area contributed by atoms with Crippen molar-refractivity contribution in [2.75, 3.05) is 6.54 Å². The first kappa shape index (κ1) is 17.3. The van der Waals surface area contributed by atoms with Crippen LogP contribution in [-0.4, -0.2) is 30.6 Å². The van der Waals surface area contributed by atoms with Gasteiger partial charge in [0.1, 0.15) is 5.75 Å². The van der Waals surface area contributed by atoms with E-state index in [1.54, 1.807) is 32.0 Å². The van der Waals surface area contributed by atoms with Crippen molar-refractivity contribution in [2.45, 2.75) is 39.9 Å². The number of amides is 1. The van der Waals surface area contributed by atoms with Crippen LogP contribution in [0.5, 0.6) is 5.75 Å².